The molecule has 4 rings (SSSR count). The van der Waals surface area contributed by atoms with Gasteiger partial charge in [0.15, 0.2) is 0 Å². The predicted octanol–water partition coefficient (Wildman–Crippen LogP) is 4.03. The van der Waals surface area contributed by atoms with Gasteiger partial charge in [-0.2, -0.15) is 13.2 Å². The van der Waals surface area contributed by atoms with Crippen molar-refractivity contribution in [3.63, 3.8) is 0 Å². The summed E-state index contributed by atoms with van der Waals surface area (Å²) in [6.07, 6.45) is -0.107. The topological polar surface area (TPSA) is 83.3 Å². The normalized spacial score (nSPS) is 15.4. The SMILES string of the molecule is O=C(NCc1ccco1)N1CCC(Nc2nccc3nc(C(F)(F)F)ccc23)CC1. The summed E-state index contributed by atoms with van der Waals surface area (Å²) in [5.41, 5.74) is -0.696. The minimum absolute atomic E-state index is 0.0551. The van der Waals surface area contributed by atoms with Crippen molar-refractivity contribution in [3.05, 3.63) is 54.2 Å². The molecule has 30 heavy (non-hydrogen) atoms. The largest absolute Gasteiger partial charge is 0.467 e. The first-order valence-corrected chi connectivity index (χ1v) is 9.55. The number of pyridine rings is 2. The number of nitrogens with zero attached hydrogens (tertiary/aromatic N) is 3. The zero-order valence-electron chi connectivity index (χ0n) is 15.9. The molecular weight excluding hydrogens is 399 g/mol. The van der Waals surface area contributed by atoms with E-state index in [0.717, 1.165) is 6.07 Å². The lowest BCUT2D eigenvalue weighted by molar-refractivity contribution is -0.140. The van der Waals surface area contributed by atoms with E-state index in [1.54, 1.807) is 23.3 Å². The zero-order chi connectivity index (χ0) is 21.1. The summed E-state index contributed by atoms with van der Waals surface area (Å²) in [6, 6.07) is 7.26. The van der Waals surface area contributed by atoms with Gasteiger partial charge in [-0.25, -0.2) is 14.8 Å². The molecule has 1 aliphatic heterocycles. The number of alkyl halides is 3. The Bertz CT molecular complexity index is 1010. The van der Waals surface area contributed by atoms with Crippen LogP contribution in [0.1, 0.15) is 24.3 Å². The molecule has 0 radical (unpaired) electrons. The molecule has 1 aliphatic rings. The van der Waals surface area contributed by atoms with Gasteiger partial charge in [0, 0.05) is 30.7 Å². The van der Waals surface area contributed by atoms with E-state index in [-0.39, 0.29) is 17.6 Å². The number of rotatable bonds is 4. The molecule has 4 heterocycles. The molecule has 0 unspecified atom stereocenters. The van der Waals surface area contributed by atoms with Crippen molar-refractivity contribution in [2.24, 2.45) is 0 Å². The van der Waals surface area contributed by atoms with Crippen molar-refractivity contribution in [1.82, 2.24) is 20.2 Å². The molecule has 0 aliphatic carbocycles. The van der Waals surface area contributed by atoms with Crippen LogP contribution in [0, 0.1) is 0 Å². The minimum atomic E-state index is -4.49. The second kappa shape index (κ2) is 8.21. The Kier molecular flexibility index (Phi) is 5.47. The van der Waals surface area contributed by atoms with Crippen LogP contribution >= 0.6 is 0 Å². The molecule has 0 saturated carbocycles. The highest BCUT2D eigenvalue weighted by atomic mass is 19.4. The molecule has 2 amide bonds. The minimum Gasteiger partial charge on any atom is -0.467 e. The van der Waals surface area contributed by atoms with Crippen LogP contribution in [-0.4, -0.2) is 40.0 Å². The lowest BCUT2D eigenvalue weighted by atomic mass is 10.0. The number of aromatic nitrogens is 2. The van der Waals surface area contributed by atoms with E-state index in [1.807, 2.05) is 0 Å². The van der Waals surface area contributed by atoms with Gasteiger partial charge in [-0.05, 0) is 43.2 Å². The number of likely N-dealkylation sites (tertiary alicyclic amines) is 1. The monoisotopic (exact) mass is 419 g/mol. The van der Waals surface area contributed by atoms with E-state index in [9.17, 15) is 18.0 Å². The fourth-order valence-electron chi connectivity index (χ4n) is 3.44. The standard InChI is InChI=1S/C20H20F3N5O2/c21-20(22,23)17-4-3-15-16(27-17)5-8-24-18(15)26-13-6-9-28(10-7-13)19(29)25-12-14-2-1-11-30-14/h1-5,8,11,13H,6-7,9-10,12H2,(H,24,26)(H,25,29). The quantitative estimate of drug-likeness (QED) is 0.667. The Balaban J connectivity index is 1.35. The number of carbonyl (C=O) groups is 1. The summed E-state index contributed by atoms with van der Waals surface area (Å²) < 4.78 is 43.9. The van der Waals surface area contributed by atoms with Crippen LogP contribution < -0.4 is 10.6 Å². The Morgan fingerprint density at radius 3 is 2.70 bits per heavy atom. The van der Waals surface area contributed by atoms with Gasteiger partial charge in [0.25, 0.3) is 0 Å². The molecule has 0 aromatic carbocycles. The van der Waals surface area contributed by atoms with Gasteiger partial charge in [-0.1, -0.05) is 0 Å². The third-order valence-electron chi connectivity index (χ3n) is 5.02. The van der Waals surface area contributed by atoms with Crippen molar-refractivity contribution in [1.29, 1.82) is 0 Å². The number of carbonyl (C=O) groups excluding carboxylic acids is 1. The van der Waals surface area contributed by atoms with Crippen LogP contribution in [0.3, 0.4) is 0 Å². The zero-order valence-corrected chi connectivity index (χ0v) is 15.9. The van der Waals surface area contributed by atoms with Crippen LogP contribution in [0.4, 0.5) is 23.8 Å². The Morgan fingerprint density at radius 2 is 2.00 bits per heavy atom. The van der Waals surface area contributed by atoms with Crippen molar-refractivity contribution < 1.29 is 22.4 Å². The number of piperidine rings is 1. The molecular formula is C20H20F3N5O2. The molecule has 1 fully saturated rings. The average Bonchev–Trinajstić information content (AvgIpc) is 3.25. The van der Waals surface area contributed by atoms with Crippen molar-refractivity contribution >= 4 is 22.8 Å². The van der Waals surface area contributed by atoms with Crippen LogP contribution in [0.5, 0.6) is 0 Å². The van der Waals surface area contributed by atoms with Crippen molar-refractivity contribution in [2.45, 2.75) is 31.6 Å². The third-order valence-corrected chi connectivity index (χ3v) is 5.02. The highest BCUT2D eigenvalue weighted by Gasteiger charge is 2.32. The first kappa shape index (κ1) is 20.0. The summed E-state index contributed by atoms with van der Waals surface area (Å²) in [5.74, 6) is 1.18. The maximum atomic E-state index is 12.9. The summed E-state index contributed by atoms with van der Waals surface area (Å²) >= 11 is 0. The fraction of sp³-hybridized carbons (Fsp3) is 0.350. The molecule has 0 spiro atoms. The number of hydrogen-bond donors (Lipinski definition) is 2. The van der Waals surface area contributed by atoms with Gasteiger partial charge in [0.05, 0.1) is 18.3 Å². The number of amides is 2. The number of hydrogen-bond acceptors (Lipinski definition) is 5. The predicted molar refractivity (Wildman–Crippen MR) is 104 cm³/mol. The second-order valence-electron chi connectivity index (χ2n) is 7.06. The molecule has 2 N–H and O–H groups in total. The Labute approximate surface area is 170 Å². The van der Waals surface area contributed by atoms with Crippen LogP contribution in [-0.2, 0) is 12.7 Å². The number of urea groups is 1. The Hall–Kier alpha value is -3.30. The summed E-state index contributed by atoms with van der Waals surface area (Å²) in [5, 5.41) is 6.64. The first-order chi connectivity index (χ1) is 14.4. The van der Waals surface area contributed by atoms with Gasteiger partial charge >= 0.3 is 12.2 Å². The van der Waals surface area contributed by atoms with E-state index in [2.05, 4.69) is 20.6 Å². The molecule has 10 heteroatoms. The Morgan fingerprint density at radius 1 is 1.20 bits per heavy atom. The van der Waals surface area contributed by atoms with Crippen molar-refractivity contribution in [3.8, 4) is 0 Å². The molecule has 3 aromatic rings. The summed E-state index contributed by atoms with van der Waals surface area (Å²) in [7, 11) is 0. The lowest BCUT2D eigenvalue weighted by Gasteiger charge is -2.32. The first-order valence-electron chi connectivity index (χ1n) is 9.55. The number of anilines is 1. The van der Waals surface area contributed by atoms with Gasteiger partial charge in [-0.3, -0.25) is 0 Å². The number of fused-ring (bicyclic) bond motifs is 1. The van der Waals surface area contributed by atoms with Crippen molar-refractivity contribution in [2.75, 3.05) is 18.4 Å². The second-order valence-corrected chi connectivity index (χ2v) is 7.06. The lowest BCUT2D eigenvalue weighted by Crippen LogP contribution is -2.46. The van der Waals surface area contributed by atoms with E-state index >= 15 is 0 Å². The maximum Gasteiger partial charge on any atom is 0.433 e. The van der Waals surface area contributed by atoms with Gasteiger partial charge < -0.3 is 20.0 Å². The highest BCUT2D eigenvalue weighted by Crippen LogP contribution is 2.30. The van der Waals surface area contributed by atoms with Gasteiger partial charge in [0.2, 0.25) is 0 Å². The summed E-state index contributed by atoms with van der Waals surface area (Å²) in [6.45, 7) is 1.45. The van der Waals surface area contributed by atoms with E-state index in [1.165, 1.54) is 18.3 Å². The molecule has 0 atom stereocenters. The number of halogens is 3. The number of furan rings is 1. The van der Waals surface area contributed by atoms with Crippen LogP contribution in [0.15, 0.2) is 47.2 Å². The molecule has 0 bridgehead atoms. The summed E-state index contributed by atoms with van der Waals surface area (Å²) in [4.78, 5) is 22.0. The van der Waals surface area contributed by atoms with E-state index < -0.39 is 11.9 Å². The number of nitrogens with one attached hydrogen (secondary N) is 2. The van der Waals surface area contributed by atoms with E-state index in [0.29, 0.717) is 49.4 Å². The maximum absolute atomic E-state index is 12.9. The highest BCUT2D eigenvalue weighted by molar-refractivity contribution is 5.89. The molecule has 3 aromatic heterocycles. The average molecular weight is 419 g/mol. The smallest absolute Gasteiger partial charge is 0.433 e. The van der Waals surface area contributed by atoms with Gasteiger partial charge in [-0.15, -0.1) is 0 Å². The molecule has 1 saturated heterocycles. The fourth-order valence-corrected chi connectivity index (χ4v) is 3.44. The van der Waals surface area contributed by atoms with Crippen LogP contribution in [0.2, 0.25) is 0 Å². The molecule has 7 nitrogen and oxygen atoms in total. The van der Waals surface area contributed by atoms with E-state index in [4.69, 9.17) is 4.42 Å². The van der Waals surface area contributed by atoms with Crippen LogP contribution in [0.25, 0.3) is 10.9 Å². The molecule has 158 valence electrons. The van der Waals surface area contributed by atoms with Gasteiger partial charge in [0.1, 0.15) is 17.3 Å². The third kappa shape index (κ3) is 4.47.